The van der Waals surface area contributed by atoms with Crippen molar-refractivity contribution in [2.45, 2.75) is 12.5 Å². The molecule has 142 valence electrons. The smallest absolute Gasteiger partial charge is 0.255 e. The van der Waals surface area contributed by atoms with Gasteiger partial charge in [-0.25, -0.2) is 14.4 Å². The third-order valence-corrected chi connectivity index (χ3v) is 6.04. The van der Waals surface area contributed by atoms with E-state index in [4.69, 9.17) is 10.5 Å². The summed E-state index contributed by atoms with van der Waals surface area (Å²) in [6.07, 6.45) is 0. The van der Waals surface area contributed by atoms with Gasteiger partial charge in [0.05, 0.1) is 19.3 Å². The van der Waals surface area contributed by atoms with E-state index >= 15 is 0 Å². The number of hydrogen-bond donors (Lipinski definition) is 1. The van der Waals surface area contributed by atoms with Gasteiger partial charge in [-0.3, -0.25) is 0 Å². The first-order valence-electron chi connectivity index (χ1n) is 8.51. The van der Waals surface area contributed by atoms with Gasteiger partial charge < -0.3 is 15.4 Å². The third-order valence-electron chi connectivity index (χ3n) is 5.08. The van der Waals surface area contributed by atoms with Crippen molar-refractivity contribution >= 4 is 22.9 Å². The number of nitrogens with two attached hydrogens (primary N) is 1. The second kappa shape index (κ2) is 6.63. The van der Waals surface area contributed by atoms with Crippen molar-refractivity contribution in [3.05, 3.63) is 47.2 Å². The Kier molecular flexibility index (Phi) is 4.41. The van der Waals surface area contributed by atoms with E-state index in [1.165, 1.54) is 24.9 Å². The molecule has 0 saturated carbocycles. The maximum atomic E-state index is 14.7. The van der Waals surface area contributed by atoms with Crippen LogP contribution in [0.3, 0.4) is 0 Å². The van der Waals surface area contributed by atoms with Gasteiger partial charge >= 0.3 is 0 Å². The number of amidine groups is 1. The fourth-order valence-corrected chi connectivity index (χ4v) is 4.74. The van der Waals surface area contributed by atoms with E-state index in [0.29, 0.717) is 35.5 Å². The van der Waals surface area contributed by atoms with Crippen molar-refractivity contribution in [1.29, 1.82) is 0 Å². The third kappa shape index (κ3) is 2.90. The number of rotatable bonds is 3. The molecule has 1 aromatic carbocycles. The van der Waals surface area contributed by atoms with Crippen LogP contribution in [0.15, 0.2) is 29.3 Å². The predicted molar refractivity (Wildman–Crippen MR) is 101 cm³/mol. The normalized spacial score (nSPS) is 24.5. The molecule has 2 aromatic rings. The molecule has 4 rings (SSSR count). The van der Waals surface area contributed by atoms with Gasteiger partial charge in [-0.05, 0) is 13.0 Å². The number of halogens is 2. The summed E-state index contributed by atoms with van der Waals surface area (Å²) in [6, 6.07) is 6.62. The number of benzene rings is 1. The second-order valence-electron chi connectivity index (χ2n) is 6.67. The quantitative estimate of drug-likeness (QED) is 0.866. The summed E-state index contributed by atoms with van der Waals surface area (Å²) in [7, 11) is 1.36. The molecule has 0 aliphatic carbocycles. The van der Waals surface area contributed by atoms with Gasteiger partial charge in [-0.15, -0.1) is 0 Å². The zero-order valence-electron chi connectivity index (χ0n) is 14.9. The molecule has 0 bridgehead atoms. The zero-order valence-corrected chi connectivity index (χ0v) is 15.8. The summed E-state index contributed by atoms with van der Waals surface area (Å²) in [5.74, 6) is 0.0596. The van der Waals surface area contributed by atoms with Crippen LogP contribution >= 0.6 is 11.8 Å². The molecular formula is C18H19F2N5OS. The first-order chi connectivity index (χ1) is 12.9. The maximum absolute atomic E-state index is 14.7. The van der Waals surface area contributed by atoms with Crippen molar-refractivity contribution in [2.24, 2.45) is 16.6 Å². The number of anilines is 1. The van der Waals surface area contributed by atoms with E-state index in [-0.39, 0.29) is 23.3 Å². The minimum absolute atomic E-state index is 0.0201. The number of hydrogen-bond acceptors (Lipinski definition) is 7. The van der Waals surface area contributed by atoms with Crippen LogP contribution in [0.1, 0.15) is 11.3 Å². The molecule has 3 heterocycles. The molecule has 0 radical (unpaired) electrons. The van der Waals surface area contributed by atoms with Crippen LogP contribution in [0.4, 0.5) is 14.7 Å². The molecule has 1 saturated heterocycles. The summed E-state index contributed by atoms with van der Waals surface area (Å²) in [5, 5.41) is 0.435. The summed E-state index contributed by atoms with van der Waals surface area (Å²) in [6.45, 7) is 2.48. The van der Waals surface area contributed by atoms with Crippen LogP contribution in [-0.4, -0.2) is 41.1 Å². The number of fused-ring (bicyclic) bond motifs is 1. The molecule has 2 aliphatic heterocycles. The molecule has 1 aromatic heterocycles. The van der Waals surface area contributed by atoms with Gasteiger partial charge in [-0.2, -0.15) is 9.37 Å². The topological polar surface area (TPSA) is 76.6 Å². The van der Waals surface area contributed by atoms with E-state index in [1.54, 1.807) is 25.1 Å². The van der Waals surface area contributed by atoms with Crippen LogP contribution < -0.4 is 15.4 Å². The average molecular weight is 391 g/mol. The highest BCUT2D eigenvalue weighted by molar-refractivity contribution is 8.13. The highest BCUT2D eigenvalue weighted by atomic mass is 32.2. The summed E-state index contributed by atoms with van der Waals surface area (Å²) >= 11 is 1.46. The lowest BCUT2D eigenvalue weighted by Gasteiger charge is -2.34. The lowest BCUT2D eigenvalue weighted by Crippen LogP contribution is -2.40. The molecule has 0 spiro atoms. The Morgan fingerprint density at radius 3 is 2.81 bits per heavy atom. The van der Waals surface area contributed by atoms with E-state index in [9.17, 15) is 8.78 Å². The fraction of sp³-hybridized carbons (Fsp3) is 0.389. The molecule has 2 N–H and O–H groups in total. The molecular weight excluding hydrogens is 372 g/mol. The number of ether oxygens (including phenoxy) is 1. The summed E-state index contributed by atoms with van der Waals surface area (Å²) in [4.78, 5) is 15.0. The predicted octanol–water partition coefficient (Wildman–Crippen LogP) is 2.47. The summed E-state index contributed by atoms with van der Waals surface area (Å²) in [5.41, 5.74) is 5.89. The molecule has 0 amide bonds. The molecule has 27 heavy (non-hydrogen) atoms. The van der Waals surface area contributed by atoms with E-state index in [0.717, 1.165) is 0 Å². The Morgan fingerprint density at radius 1 is 1.30 bits per heavy atom. The van der Waals surface area contributed by atoms with Gasteiger partial charge in [0.1, 0.15) is 11.4 Å². The molecule has 9 heteroatoms. The van der Waals surface area contributed by atoms with Crippen LogP contribution in [0.2, 0.25) is 0 Å². The van der Waals surface area contributed by atoms with Gasteiger partial charge in [0.25, 0.3) is 5.88 Å². The van der Waals surface area contributed by atoms with Crippen molar-refractivity contribution in [2.75, 3.05) is 30.9 Å². The van der Waals surface area contributed by atoms with Crippen LogP contribution in [0.25, 0.3) is 0 Å². The van der Waals surface area contributed by atoms with Crippen LogP contribution in [0, 0.1) is 24.5 Å². The Bertz CT molecular complexity index is 925. The maximum Gasteiger partial charge on any atom is 0.255 e. The molecule has 1 fully saturated rings. The van der Waals surface area contributed by atoms with E-state index < -0.39 is 11.4 Å². The average Bonchev–Trinajstić information content (AvgIpc) is 3.03. The lowest BCUT2D eigenvalue weighted by molar-refractivity contribution is 0.364. The van der Waals surface area contributed by atoms with E-state index in [1.807, 2.05) is 4.90 Å². The fourth-order valence-electron chi connectivity index (χ4n) is 3.76. The monoisotopic (exact) mass is 391 g/mol. The Balaban J connectivity index is 1.79. The molecule has 2 atom stereocenters. The highest BCUT2D eigenvalue weighted by Crippen LogP contribution is 2.46. The van der Waals surface area contributed by atoms with Crippen molar-refractivity contribution in [3.63, 3.8) is 0 Å². The molecule has 2 aliphatic rings. The largest absolute Gasteiger partial charge is 0.479 e. The standard InChI is InChI=1S/C18H19F2N5OS/c1-10-14(20)15(26-2)23-17(22-10)25-7-11-8-27-16(21)24-18(11,9-25)12-5-3-4-6-13(12)19/h3-6,11H,7-9H2,1-2H3,(H2,21,24). The number of aromatic nitrogens is 2. The number of aliphatic imine (C=N–C) groups is 1. The second-order valence-corrected chi connectivity index (χ2v) is 7.72. The van der Waals surface area contributed by atoms with Gasteiger partial charge in [0.2, 0.25) is 11.8 Å². The first-order valence-corrected chi connectivity index (χ1v) is 9.49. The minimum Gasteiger partial charge on any atom is -0.479 e. The Morgan fingerprint density at radius 2 is 2.07 bits per heavy atom. The van der Waals surface area contributed by atoms with Gasteiger partial charge in [-0.1, -0.05) is 30.0 Å². The van der Waals surface area contributed by atoms with Gasteiger partial charge in [0, 0.05) is 23.8 Å². The van der Waals surface area contributed by atoms with Crippen molar-refractivity contribution in [1.82, 2.24) is 9.97 Å². The molecule has 6 nitrogen and oxygen atoms in total. The number of aryl methyl sites for hydroxylation is 1. The number of nitrogens with zero attached hydrogens (tertiary/aromatic N) is 4. The first kappa shape index (κ1) is 18.0. The van der Waals surface area contributed by atoms with Crippen LogP contribution in [-0.2, 0) is 5.54 Å². The highest BCUT2D eigenvalue weighted by Gasteiger charge is 2.52. The zero-order chi connectivity index (χ0) is 19.2. The number of thioether (sulfide) groups is 1. The molecule has 2 unspecified atom stereocenters. The Labute approximate surface area is 159 Å². The van der Waals surface area contributed by atoms with Crippen molar-refractivity contribution in [3.8, 4) is 5.88 Å². The Hall–Kier alpha value is -2.42. The SMILES string of the molecule is COc1nc(N2CC3CSC(N)=NC3(c3ccccc3F)C2)nc(C)c1F. The number of methoxy groups -OCH3 is 1. The minimum atomic E-state index is -0.820. The van der Waals surface area contributed by atoms with Gasteiger partial charge in [0.15, 0.2) is 5.17 Å². The lowest BCUT2D eigenvalue weighted by atomic mass is 9.81. The van der Waals surface area contributed by atoms with E-state index in [2.05, 4.69) is 15.0 Å². The van der Waals surface area contributed by atoms with Crippen molar-refractivity contribution < 1.29 is 13.5 Å². The van der Waals surface area contributed by atoms with Crippen LogP contribution in [0.5, 0.6) is 5.88 Å². The summed E-state index contributed by atoms with van der Waals surface area (Å²) < 4.78 is 33.7.